The van der Waals surface area contributed by atoms with E-state index in [9.17, 15) is 9.59 Å². The molecule has 8 heteroatoms. The molecular weight excluding hydrogens is 336 g/mol. The van der Waals surface area contributed by atoms with Crippen LogP contribution in [0.3, 0.4) is 0 Å². The molecule has 2 aliphatic heterocycles. The molecule has 2 N–H and O–H groups in total. The summed E-state index contributed by atoms with van der Waals surface area (Å²) in [6.45, 7) is 14.1. The fourth-order valence-electron chi connectivity index (χ4n) is 3.55. The minimum absolute atomic E-state index is 0.0340. The highest BCUT2D eigenvalue weighted by Crippen LogP contribution is 2.21. The van der Waals surface area contributed by atoms with Crippen LogP contribution in [0.1, 0.15) is 34.6 Å². The Bertz CT molecular complexity index is 508. The largest absolute Gasteiger partial charge is 0.444 e. The van der Waals surface area contributed by atoms with Gasteiger partial charge in [0, 0.05) is 44.3 Å². The third kappa shape index (κ3) is 5.82. The zero-order valence-corrected chi connectivity index (χ0v) is 16.7. The number of ether oxygens (including phenoxy) is 2. The van der Waals surface area contributed by atoms with E-state index < -0.39 is 5.60 Å². The summed E-state index contributed by atoms with van der Waals surface area (Å²) in [6, 6.07) is 0.308. The first-order valence-corrected chi connectivity index (χ1v) is 9.40. The van der Waals surface area contributed by atoms with E-state index in [4.69, 9.17) is 15.2 Å². The number of carbonyl (C=O) groups is 2. The number of hydrogen-bond acceptors (Lipinski definition) is 6. The standard InChI is InChI=1S/C18H34N4O4/c1-13-8-21(11-16(19)23)15(9-20-6-7-25-12-14(20)2)10-22(13)17(24)26-18(3,4)5/h13-15H,6-12H2,1-5H3,(H2,19,23)/t13-,14-,15+/m1/s1. The number of amides is 2. The van der Waals surface area contributed by atoms with Crippen molar-refractivity contribution in [2.24, 2.45) is 5.73 Å². The number of primary amides is 1. The molecule has 0 unspecified atom stereocenters. The minimum Gasteiger partial charge on any atom is -0.444 e. The fourth-order valence-corrected chi connectivity index (χ4v) is 3.55. The lowest BCUT2D eigenvalue weighted by molar-refractivity contribution is -0.121. The second kappa shape index (κ2) is 8.54. The summed E-state index contributed by atoms with van der Waals surface area (Å²) in [7, 11) is 0. The molecule has 8 nitrogen and oxygen atoms in total. The van der Waals surface area contributed by atoms with Crippen molar-refractivity contribution in [3.63, 3.8) is 0 Å². The zero-order valence-electron chi connectivity index (χ0n) is 16.7. The Morgan fingerprint density at radius 2 is 1.85 bits per heavy atom. The molecule has 0 spiro atoms. The number of nitrogens with zero attached hydrogens (tertiary/aromatic N) is 3. The number of piperazine rings is 1. The molecule has 2 amide bonds. The topological polar surface area (TPSA) is 88.3 Å². The van der Waals surface area contributed by atoms with Gasteiger partial charge in [-0.25, -0.2) is 4.79 Å². The van der Waals surface area contributed by atoms with Gasteiger partial charge in [0.1, 0.15) is 5.60 Å². The van der Waals surface area contributed by atoms with E-state index in [1.54, 1.807) is 4.90 Å². The van der Waals surface area contributed by atoms with Gasteiger partial charge in [-0.15, -0.1) is 0 Å². The van der Waals surface area contributed by atoms with Crippen molar-refractivity contribution >= 4 is 12.0 Å². The molecule has 0 saturated carbocycles. The average Bonchev–Trinajstić information content (AvgIpc) is 2.49. The monoisotopic (exact) mass is 370 g/mol. The highest BCUT2D eigenvalue weighted by molar-refractivity contribution is 5.76. The Morgan fingerprint density at radius 3 is 2.42 bits per heavy atom. The zero-order chi connectivity index (χ0) is 19.5. The van der Waals surface area contributed by atoms with Crippen LogP contribution in [0.5, 0.6) is 0 Å². The van der Waals surface area contributed by atoms with E-state index in [2.05, 4.69) is 16.7 Å². The van der Waals surface area contributed by atoms with Crippen LogP contribution in [0.25, 0.3) is 0 Å². The molecule has 2 aliphatic rings. The SMILES string of the molecule is C[C@@H]1COCCN1C[C@H]1CN(C(=O)OC(C)(C)C)[C@H](C)CN1CC(N)=O. The van der Waals surface area contributed by atoms with Crippen molar-refractivity contribution in [1.82, 2.24) is 14.7 Å². The van der Waals surface area contributed by atoms with Gasteiger partial charge in [-0.2, -0.15) is 0 Å². The highest BCUT2D eigenvalue weighted by Gasteiger charge is 2.38. The van der Waals surface area contributed by atoms with Gasteiger partial charge in [0.25, 0.3) is 0 Å². The fraction of sp³-hybridized carbons (Fsp3) is 0.889. The van der Waals surface area contributed by atoms with E-state index in [1.807, 2.05) is 27.7 Å². The predicted octanol–water partition coefficient (Wildman–Crippen LogP) is 0.502. The number of rotatable bonds is 4. The van der Waals surface area contributed by atoms with Crippen molar-refractivity contribution in [3.8, 4) is 0 Å². The summed E-state index contributed by atoms with van der Waals surface area (Å²) >= 11 is 0. The summed E-state index contributed by atoms with van der Waals surface area (Å²) in [5.74, 6) is -0.344. The molecule has 2 heterocycles. The molecule has 150 valence electrons. The molecule has 2 rings (SSSR count). The van der Waals surface area contributed by atoms with Crippen LogP contribution in [0.15, 0.2) is 0 Å². The van der Waals surface area contributed by atoms with Gasteiger partial charge in [-0.3, -0.25) is 14.6 Å². The van der Waals surface area contributed by atoms with Gasteiger partial charge >= 0.3 is 6.09 Å². The van der Waals surface area contributed by atoms with Crippen molar-refractivity contribution < 1.29 is 19.1 Å². The van der Waals surface area contributed by atoms with Crippen LogP contribution in [0.2, 0.25) is 0 Å². The molecule has 0 radical (unpaired) electrons. The number of nitrogens with two attached hydrogens (primary N) is 1. The van der Waals surface area contributed by atoms with Crippen molar-refractivity contribution in [1.29, 1.82) is 0 Å². The predicted molar refractivity (Wildman–Crippen MR) is 98.8 cm³/mol. The second-order valence-electron chi connectivity index (χ2n) is 8.45. The summed E-state index contributed by atoms with van der Waals surface area (Å²) in [5.41, 5.74) is 4.92. The van der Waals surface area contributed by atoms with Gasteiger partial charge < -0.3 is 20.1 Å². The number of carbonyl (C=O) groups excluding carboxylic acids is 2. The molecule has 0 aromatic heterocycles. The van der Waals surface area contributed by atoms with E-state index in [0.29, 0.717) is 32.3 Å². The molecule has 2 saturated heterocycles. The maximum absolute atomic E-state index is 12.6. The third-order valence-electron chi connectivity index (χ3n) is 4.89. The maximum atomic E-state index is 12.6. The van der Waals surface area contributed by atoms with Crippen LogP contribution in [0.4, 0.5) is 4.79 Å². The second-order valence-corrected chi connectivity index (χ2v) is 8.45. The van der Waals surface area contributed by atoms with Crippen LogP contribution < -0.4 is 5.73 Å². The quantitative estimate of drug-likeness (QED) is 0.775. The van der Waals surface area contributed by atoms with Gasteiger partial charge in [0.05, 0.1) is 19.8 Å². The lowest BCUT2D eigenvalue weighted by Crippen LogP contribution is -2.64. The Morgan fingerprint density at radius 1 is 1.15 bits per heavy atom. The Kier molecular flexibility index (Phi) is 6.87. The lowest BCUT2D eigenvalue weighted by Gasteiger charge is -2.47. The Hall–Kier alpha value is -1.38. The van der Waals surface area contributed by atoms with Gasteiger partial charge in [-0.1, -0.05) is 0 Å². The van der Waals surface area contributed by atoms with E-state index >= 15 is 0 Å². The summed E-state index contributed by atoms with van der Waals surface area (Å²) < 4.78 is 11.1. The first-order valence-electron chi connectivity index (χ1n) is 9.40. The van der Waals surface area contributed by atoms with E-state index in [-0.39, 0.29) is 30.6 Å². The smallest absolute Gasteiger partial charge is 0.410 e. The Labute approximate surface area is 156 Å². The third-order valence-corrected chi connectivity index (χ3v) is 4.89. The first kappa shape index (κ1) is 20.9. The molecular formula is C18H34N4O4. The molecule has 0 aliphatic carbocycles. The average molecular weight is 370 g/mol. The molecule has 0 bridgehead atoms. The molecule has 26 heavy (non-hydrogen) atoms. The molecule has 0 aromatic carbocycles. The molecule has 3 atom stereocenters. The molecule has 2 fully saturated rings. The lowest BCUT2D eigenvalue weighted by atomic mass is 10.1. The van der Waals surface area contributed by atoms with Crippen molar-refractivity contribution in [2.75, 3.05) is 45.9 Å². The summed E-state index contributed by atoms with van der Waals surface area (Å²) in [4.78, 5) is 30.4. The minimum atomic E-state index is -0.532. The van der Waals surface area contributed by atoms with Crippen molar-refractivity contribution in [3.05, 3.63) is 0 Å². The van der Waals surface area contributed by atoms with Gasteiger partial charge in [-0.05, 0) is 34.6 Å². The number of morpholine rings is 1. The van der Waals surface area contributed by atoms with E-state index in [0.717, 1.165) is 13.1 Å². The van der Waals surface area contributed by atoms with Gasteiger partial charge in [0.15, 0.2) is 0 Å². The summed E-state index contributed by atoms with van der Waals surface area (Å²) in [6.07, 6.45) is -0.302. The van der Waals surface area contributed by atoms with Crippen LogP contribution in [0, 0.1) is 0 Å². The number of hydrogen-bond donors (Lipinski definition) is 1. The normalized spacial score (nSPS) is 28.8. The van der Waals surface area contributed by atoms with E-state index in [1.165, 1.54) is 0 Å². The van der Waals surface area contributed by atoms with Crippen LogP contribution in [-0.4, -0.2) is 96.4 Å². The molecule has 0 aromatic rings. The van der Waals surface area contributed by atoms with Crippen molar-refractivity contribution in [2.45, 2.75) is 58.3 Å². The summed E-state index contributed by atoms with van der Waals surface area (Å²) in [5, 5.41) is 0. The van der Waals surface area contributed by atoms with Gasteiger partial charge in [0.2, 0.25) is 5.91 Å². The Balaban J connectivity index is 2.10. The maximum Gasteiger partial charge on any atom is 0.410 e. The van der Waals surface area contributed by atoms with Crippen LogP contribution in [-0.2, 0) is 14.3 Å². The first-order chi connectivity index (χ1) is 12.1. The van der Waals surface area contributed by atoms with Crippen LogP contribution >= 0.6 is 0 Å². The highest BCUT2D eigenvalue weighted by atomic mass is 16.6.